The summed E-state index contributed by atoms with van der Waals surface area (Å²) in [7, 11) is 3.29. The number of carbonyl (C=O) groups is 1. The third-order valence-corrected chi connectivity index (χ3v) is 3.35. The average Bonchev–Trinajstić information content (AvgIpc) is 2.92. The van der Waals surface area contributed by atoms with Gasteiger partial charge in [0.25, 0.3) is 0 Å². The van der Waals surface area contributed by atoms with Crippen molar-refractivity contribution in [2.75, 3.05) is 7.11 Å². The summed E-state index contributed by atoms with van der Waals surface area (Å²) < 4.78 is 6.69. The molecule has 1 fully saturated rings. The first-order chi connectivity index (χ1) is 7.74. The highest BCUT2D eigenvalue weighted by Gasteiger charge is 2.35. The Balaban J connectivity index is 2.27. The number of aryl methyl sites for hydroxylation is 1. The normalized spacial score (nSPS) is 18.6. The van der Waals surface area contributed by atoms with Crippen molar-refractivity contribution in [1.82, 2.24) is 14.8 Å². The highest BCUT2D eigenvalue weighted by atomic mass is 16.5. The van der Waals surface area contributed by atoms with E-state index < -0.39 is 0 Å². The Bertz CT molecular complexity index is 369. The van der Waals surface area contributed by atoms with Crippen molar-refractivity contribution in [3.05, 3.63) is 12.2 Å². The standard InChI is InChI=1S/C11H17N3O2/c1-14-7-12-13-10(14)9(11(15)16-2)8-5-3-4-6-8/h7-9H,3-6H2,1-2H3. The molecular weight excluding hydrogens is 206 g/mol. The molecule has 1 aliphatic carbocycles. The van der Waals surface area contributed by atoms with Gasteiger partial charge in [0.15, 0.2) is 0 Å². The van der Waals surface area contributed by atoms with Crippen molar-refractivity contribution in [2.45, 2.75) is 31.6 Å². The Hall–Kier alpha value is -1.39. The first-order valence-corrected chi connectivity index (χ1v) is 5.65. The van der Waals surface area contributed by atoms with Gasteiger partial charge in [-0.1, -0.05) is 12.8 Å². The zero-order chi connectivity index (χ0) is 11.5. The molecule has 0 bridgehead atoms. The lowest BCUT2D eigenvalue weighted by molar-refractivity contribution is -0.144. The van der Waals surface area contributed by atoms with Gasteiger partial charge < -0.3 is 9.30 Å². The van der Waals surface area contributed by atoms with E-state index in [1.807, 2.05) is 7.05 Å². The molecule has 0 aromatic carbocycles. The predicted molar refractivity (Wildman–Crippen MR) is 57.7 cm³/mol. The summed E-state index contributed by atoms with van der Waals surface area (Å²) in [5.41, 5.74) is 0. The molecule has 1 aromatic rings. The van der Waals surface area contributed by atoms with Gasteiger partial charge in [0, 0.05) is 7.05 Å². The first kappa shape index (κ1) is 11.1. The number of nitrogens with zero attached hydrogens (tertiary/aromatic N) is 3. The Kier molecular flexibility index (Phi) is 3.22. The van der Waals surface area contributed by atoms with Crippen molar-refractivity contribution >= 4 is 5.97 Å². The van der Waals surface area contributed by atoms with Crippen LogP contribution < -0.4 is 0 Å². The maximum atomic E-state index is 11.8. The van der Waals surface area contributed by atoms with Crippen LogP contribution in [0.25, 0.3) is 0 Å². The molecule has 1 saturated carbocycles. The van der Waals surface area contributed by atoms with Gasteiger partial charge in [-0.25, -0.2) is 0 Å². The van der Waals surface area contributed by atoms with Crippen LogP contribution in [0.1, 0.15) is 37.4 Å². The first-order valence-electron chi connectivity index (χ1n) is 5.65. The molecule has 2 rings (SSSR count). The van der Waals surface area contributed by atoms with Gasteiger partial charge >= 0.3 is 5.97 Å². The molecule has 0 amide bonds. The van der Waals surface area contributed by atoms with Crippen LogP contribution in [0.4, 0.5) is 0 Å². The van der Waals surface area contributed by atoms with Crippen LogP contribution in [-0.4, -0.2) is 27.8 Å². The van der Waals surface area contributed by atoms with Gasteiger partial charge in [0.1, 0.15) is 18.1 Å². The highest BCUT2D eigenvalue weighted by molar-refractivity contribution is 5.77. The van der Waals surface area contributed by atoms with E-state index in [0.29, 0.717) is 5.92 Å². The summed E-state index contributed by atoms with van der Waals surface area (Å²) >= 11 is 0. The summed E-state index contributed by atoms with van der Waals surface area (Å²) in [6.45, 7) is 0. The number of rotatable bonds is 3. The van der Waals surface area contributed by atoms with E-state index in [1.54, 1.807) is 10.9 Å². The SMILES string of the molecule is COC(=O)C(c1nncn1C)C1CCCC1. The fourth-order valence-electron chi connectivity index (χ4n) is 2.50. The quantitative estimate of drug-likeness (QED) is 0.724. The van der Waals surface area contributed by atoms with E-state index >= 15 is 0 Å². The van der Waals surface area contributed by atoms with E-state index in [9.17, 15) is 4.79 Å². The molecule has 0 spiro atoms. The number of ether oxygens (including phenoxy) is 1. The Labute approximate surface area is 94.8 Å². The molecule has 1 aromatic heterocycles. The highest BCUT2D eigenvalue weighted by Crippen LogP contribution is 2.37. The Morgan fingerprint density at radius 1 is 1.56 bits per heavy atom. The second-order valence-electron chi connectivity index (χ2n) is 4.35. The molecule has 0 saturated heterocycles. The van der Waals surface area contributed by atoms with Gasteiger partial charge in [-0.2, -0.15) is 0 Å². The van der Waals surface area contributed by atoms with Crippen LogP contribution in [-0.2, 0) is 16.6 Å². The molecule has 1 aliphatic rings. The zero-order valence-corrected chi connectivity index (χ0v) is 9.72. The molecule has 0 radical (unpaired) electrons. The fourth-order valence-corrected chi connectivity index (χ4v) is 2.50. The van der Waals surface area contributed by atoms with Crippen LogP contribution in [0.15, 0.2) is 6.33 Å². The van der Waals surface area contributed by atoms with Crippen molar-refractivity contribution in [3.8, 4) is 0 Å². The lowest BCUT2D eigenvalue weighted by Gasteiger charge is -2.19. The number of hydrogen-bond donors (Lipinski definition) is 0. The van der Waals surface area contributed by atoms with Gasteiger partial charge in [-0.05, 0) is 18.8 Å². The summed E-state index contributed by atoms with van der Waals surface area (Å²) in [6, 6.07) is 0. The van der Waals surface area contributed by atoms with Crippen molar-refractivity contribution in [1.29, 1.82) is 0 Å². The van der Waals surface area contributed by atoms with Crippen LogP contribution in [0.5, 0.6) is 0 Å². The number of methoxy groups -OCH3 is 1. The molecule has 0 aliphatic heterocycles. The summed E-state index contributed by atoms with van der Waals surface area (Å²) in [5, 5.41) is 7.88. The number of aromatic nitrogens is 3. The minimum Gasteiger partial charge on any atom is -0.468 e. The molecule has 1 atom stereocenters. The third-order valence-electron chi connectivity index (χ3n) is 3.35. The van der Waals surface area contributed by atoms with E-state index in [4.69, 9.17) is 4.74 Å². The topological polar surface area (TPSA) is 57.0 Å². The monoisotopic (exact) mass is 223 g/mol. The summed E-state index contributed by atoms with van der Waals surface area (Å²) in [6.07, 6.45) is 6.16. The Morgan fingerprint density at radius 3 is 2.75 bits per heavy atom. The van der Waals surface area contributed by atoms with Crippen molar-refractivity contribution in [3.63, 3.8) is 0 Å². The largest absolute Gasteiger partial charge is 0.468 e. The van der Waals surface area contributed by atoms with Crippen LogP contribution in [0.2, 0.25) is 0 Å². The molecule has 5 heteroatoms. The molecule has 1 heterocycles. The second kappa shape index (κ2) is 4.63. The molecule has 0 N–H and O–H groups in total. The minimum absolute atomic E-state index is 0.192. The molecular formula is C11H17N3O2. The van der Waals surface area contributed by atoms with E-state index in [0.717, 1.165) is 18.7 Å². The smallest absolute Gasteiger partial charge is 0.316 e. The second-order valence-corrected chi connectivity index (χ2v) is 4.35. The van der Waals surface area contributed by atoms with E-state index in [2.05, 4.69) is 10.2 Å². The predicted octanol–water partition coefficient (Wildman–Crippen LogP) is 1.26. The van der Waals surface area contributed by atoms with Crippen molar-refractivity contribution in [2.24, 2.45) is 13.0 Å². The molecule has 1 unspecified atom stereocenters. The maximum Gasteiger partial charge on any atom is 0.316 e. The van der Waals surface area contributed by atoms with Gasteiger partial charge in [0.05, 0.1) is 7.11 Å². The van der Waals surface area contributed by atoms with Crippen molar-refractivity contribution < 1.29 is 9.53 Å². The van der Waals surface area contributed by atoms with E-state index in [-0.39, 0.29) is 11.9 Å². The van der Waals surface area contributed by atoms with Crippen LogP contribution >= 0.6 is 0 Å². The van der Waals surface area contributed by atoms with Gasteiger partial charge in [-0.15, -0.1) is 10.2 Å². The summed E-state index contributed by atoms with van der Waals surface area (Å²) in [4.78, 5) is 11.8. The summed E-state index contributed by atoms with van der Waals surface area (Å²) in [5.74, 6) is 0.636. The number of carbonyl (C=O) groups excluding carboxylic acids is 1. The van der Waals surface area contributed by atoms with Gasteiger partial charge in [0.2, 0.25) is 0 Å². The maximum absolute atomic E-state index is 11.8. The van der Waals surface area contributed by atoms with E-state index in [1.165, 1.54) is 20.0 Å². The Morgan fingerprint density at radius 2 is 2.25 bits per heavy atom. The number of hydrogen-bond acceptors (Lipinski definition) is 4. The third kappa shape index (κ3) is 1.94. The van der Waals surface area contributed by atoms with Crippen LogP contribution in [0.3, 0.4) is 0 Å². The number of esters is 1. The lowest BCUT2D eigenvalue weighted by Crippen LogP contribution is -2.24. The lowest BCUT2D eigenvalue weighted by atomic mass is 9.90. The minimum atomic E-state index is -0.250. The van der Waals surface area contributed by atoms with Crippen LogP contribution in [0, 0.1) is 5.92 Å². The molecule has 88 valence electrons. The fraction of sp³-hybridized carbons (Fsp3) is 0.727. The average molecular weight is 223 g/mol. The van der Waals surface area contributed by atoms with Gasteiger partial charge in [-0.3, -0.25) is 4.79 Å². The molecule has 16 heavy (non-hydrogen) atoms. The zero-order valence-electron chi connectivity index (χ0n) is 9.72. The molecule has 5 nitrogen and oxygen atoms in total.